The lowest BCUT2D eigenvalue weighted by atomic mass is 10.1. The first kappa shape index (κ1) is 12.9. The van der Waals surface area contributed by atoms with E-state index in [1.54, 1.807) is 6.92 Å². The van der Waals surface area contributed by atoms with Crippen LogP contribution in [0, 0.1) is 0 Å². The average molecular weight is 202 g/mol. The molecule has 4 N–H and O–H groups in total. The molecule has 0 saturated heterocycles. The second-order valence-electron chi connectivity index (χ2n) is 3.43. The van der Waals surface area contributed by atoms with Gasteiger partial charge in [0.2, 0.25) is 5.91 Å². The molecule has 0 spiro atoms. The summed E-state index contributed by atoms with van der Waals surface area (Å²) in [5.74, 6) is -1.30. The van der Waals surface area contributed by atoms with Crippen molar-refractivity contribution in [2.75, 3.05) is 0 Å². The average Bonchev–Trinajstić information content (AvgIpc) is 2.01. The van der Waals surface area contributed by atoms with Crippen molar-refractivity contribution in [1.82, 2.24) is 5.32 Å². The number of hydrogen-bond acceptors (Lipinski definition) is 3. The molecular weight excluding hydrogens is 184 g/mol. The number of nitrogens with one attached hydrogen (secondary N) is 1. The third kappa shape index (κ3) is 5.53. The number of carboxylic acid groups (broad SMARTS) is 1. The molecule has 0 bridgehead atoms. The monoisotopic (exact) mass is 202 g/mol. The van der Waals surface area contributed by atoms with Crippen LogP contribution in [0.4, 0.5) is 0 Å². The number of amides is 1. The van der Waals surface area contributed by atoms with Crippen molar-refractivity contribution < 1.29 is 14.7 Å². The predicted octanol–water partition coefficient (Wildman–Crippen LogP) is 0.0932. The number of hydrogen-bond donors (Lipinski definition) is 3. The summed E-state index contributed by atoms with van der Waals surface area (Å²) in [7, 11) is 0. The Balaban J connectivity index is 4.02. The Labute approximate surface area is 83.7 Å². The quantitative estimate of drug-likeness (QED) is 0.569. The zero-order valence-electron chi connectivity index (χ0n) is 8.62. The first-order valence-electron chi connectivity index (χ1n) is 4.75. The molecule has 0 aromatic heterocycles. The van der Waals surface area contributed by atoms with E-state index >= 15 is 0 Å². The lowest BCUT2D eigenvalue weighted by molar-refractivity contribution is -0.142. The first-order valence-corrected chi connectivity index (χ1v) is 4.75. The third-order valence-electron chi connectivity index (χ3n) is 1.72. The standard InChI is InChI=1S/C9H18N2O3/c1-3-4-7(9(13)14)11-8(12)5-6(2)10/h6-7H,3-5,10H2,1-2H3,(H,11,12)(H,13,14)/t6?,7-/m1/s1. The van der Waals surface area contributed by atoms with E-state index in [-0.39, 0.29) is 18.4 Å². The number of carbonyl (C=O) groups is 2. The second kappa shape index (κ2) is 6.37. The normalized spacial score (nSPS) is 14.5. The van der Waals surface area contributed by atoms with Crippen LogP contribution in [0.25, 0.3) is 0 Å². The van der Waals surface area contributed by atoms with Crippen LogP contribution >= 0.6 is 0 Å². The number of nitrogens with two attached hydrogens (primary N) is 1. The van der Waals surface area contributed by atoms with E-state index in [0.29, 0.717) is 6.42 Å². The van der Waals surface area contributed by atoms with Crippen LogP contribution in [0.5, 0.6) is 0 Å². The van der Waals surface area contributed by atoms with Crippen molar-refractivity contribution in [3.05, 3.63) is 0 Å². The topological polar surface area (TPSA) is 92.4 Å². The van der Waals surface area contributed by atoms with E-state index in [1.165, 1.54) is 0 Å². The lowest BCUT2D eigenvalue weighted by Crippen LogP contribution is -2.42. The van der Waals surface area contributed by atoms with Crippen molar-refractivity contribution in [2.24, 2.45) is 5.73 Å². The number of aliphatic carboxylic acids is 1. The van der Waals surface area contributed by atoms with Gasteiger partial charge in [0.15, 0.2) is 0 Å². The molecule has 0 aromatic carbocycles. The fourth-order valence-corrected chi connectivity index (χ4v) is 1.09. The van der Waals surface area contributed by atoms with Crippen LogP contribution in [-0.4, -0.2) is 29.1 Å². The van der Waals surface area contributed by atoms with E-state index < -0.39 is 12.0 Å². The molecule has 82 valence electrons. The van der Waals surface area contributed by atoms with E-state index in [9.17, 15) is 9.59 Å². The van der Waals surface area contributed by atoms with Gasteiger partial charge in [0.25, 0.3) is 0 Å². The van der Waals surface area contributed by atoms with Crippen molar-refractivity contribution in [3.8, 4) is 0 Å². The van der Waals surface area contributed by atoms with E-state index in [2.05, 4.69) is 5.32 Å². The van der Waals surface area contributed by atoms with Gasteiger partial charge in [-0.2, -0.15) is 0 Å². The molecule has 0 aromatic rings. The van der Waals surface area contributed by atoms with Gasteiger partial charge in [-0.1, -0.05) is 13.3 Å². The van der Waals surface area contributed by atoms with Crippen LogP contribution in [-0.2, 0) is 9.59 Å². The summed E-state index contributed by atoms with van der Waals surface area (Å²) in [5.41, 5.74) is 5.41. The zero-order chi connectivity index (χ0) is 11.1. The minimum absolute atomic E-state index is 0.160. The molecule has 0 fully saturated rings. The molecule has 0 aliphatic heterocycles. The highest BCUT2D eigenvalue weighted by Crippen LogP contribution is 1.98. The molecule has 2 atom stereocenters. The van der Waals surface area contributed by atoms with Gasteiger partial charge in [-0.05, 0) is 13.3 Å². The van der Waals surface area contributed by atoms with Crippen LogP contribution in [0.15, 0.2) is 0 Å². The Morgan fingerprint density at radius 1 is 1.50 bits per heavy atom. The van der Waals surface area contributed by atoms with E-state index in [4.69, 9.17) is 10.8 Å². The summed E-state index contributed by atoms with van der Waals surface area (Å²) in [5, 5.41) is 11.2. The molecule has 0 aliphatic carbocycles. The Morgan fingerprint density at radius 2 is 2.07 bits per heavy atom. The molecular formula is C9H18N2O3. The van der Waals surface area contributed by atoms with Crippen molar-refractivity contribution in [1.29, 1.82) is 0 Å². The molecule has 0 rings (SSSR count). The Hall–Kier alpha value is -1.10. The molecule has 5 nitrogen and oxygen atoms in total. The van der Waals surface area contributed by atoms with Crippen LogP contribution in [0.2, 0.25) is 0 Å². The maximum absolute atomic E-state index is 11.2. The summed E-state index contributed by atoms with van der Waals surface area (Å²) in [4.78, 5) is 21.9. The Kier molecular flexibility index (Phi) is 5.87. The van der Waals surface area contributed by atoms with E-state index in [1.807, 2.05) is 6.92 Å². The number of rotatable bonds is 6. The minimum Gasteiger partial charge on any atom is -0.480 e. The van der Waals surface area contributed by atoms with Crippen molar-refractivity contribution >= 4 is 11.9 Å². The molecule has 0 saturated carbocycles. The molecule has 14 heavy (non-hydrogen) atoms. The van der Waals surface area contributed by atoms with Crippen LogP contribution in [0.1, 0.15) is 33.1 Å². The maximum atomic E-state index is 11.2. The Morgan fingerprint density at radius 3 is 2.43 bits per heavy atom. The highest BCUT2D eigenvalue weighted by molar-refractivity contribution is 5.83. The minimum atomic E-state index is -0.995. The molecule has 1 unspecified atom stereocenters. The molecule has 0 aliphatic rings. The third-order valence-corrected chi connectivity index (χ3v) is 1.72. The lowest BCUT2D eigenvalue weighted by Gasteiger charge is -2.14. The van der Waals surface area contributed by atoms with Gasteiger partial charge in [-0.15, -0.1) is 0 Å². The van der Waals surface area contributed by atoms with Gasteiger partial charge in [0, 0.05) is 12.5 Å². The fourth-order valence-electron chi connectivity index (χ4n) is 1.09. The van der Waals surface area contributed by atoms with Gasteiger partial charge < -0.3 is 16.2 Å². The van der Waals surface area contributed by atoms with Crippen molar-refractivity contribution in [2.45, 2.75) is 45.2 Å². The highest BCUT2D eigenvalue weighted by Gasteiger charge is 2.18. The summed E-state index contributed by atoms with van der Waals surface area (Å²) in [6.07, 6.45) is 1.32. The zero-order valence-corrected chi connectivity index (χ0v) is 8.62. The van der Waals surface area contributed by atoms with Crippen molar-refractivity contribution in [3.63, 3.8) is 0 Å². The largest absolute Gasteiger partial charge is 0.480 e. The number of carboxylic acids is 1. The molecule has 5 heteroatoms. The fraction of sp³-hybridized carbons (Fsp3) is 0.778. The first-order chi connectivity index (χ1) is 6.47. The predicted molar refractivity (Wildman–Crippen MR) is 52.7 cm³/mol. The van der Waals surface area contributed by atoms with Gasteiger partial charge in [-0.3, -0.25) is 4.79 Å². The molecule has 1 amide bonds. The van der Waals surface area contributed by atoms with Crippen LogP contribution in [0.3, 0.4) is 0 Å². The van der Waals surface area contributed by atoms with E-state index in [0.717, 1.165) is 6.42 Å². The van der Waals surface area contributed by atoms with Crippen LogP contribution < -0.4 is 11.1 Å². The van der Waals surface area contributed by atoms with Gasteiger partial charge >= 0.3 is 5.97 Å². The summed E-state index contributed by atoms with van der Waals surface area (Å²) >= 11 is 0. The summed E-state index contributed by atoms with van der Waals surface area (Å²) < 4.78 is 0. The summed E-state index contributed by atoms with van der Waals surface area (Å²) in [6.45, 7) is 3.57. The van der Waals surface area contributed by atoms with Gasteiger partial charge in [-0.25, -0.2) is 4.79 Å². The second-order valence-corrected chi connectivity index (χ2v) is 3.43. The SMILES string of the molecule is CCC[C@@H](NC(=O)CC(C)N)C(=O)O. The summed E-state index contributed by atoms with van der Waals surface area (Å²) in [6, 6.07) is -1.03. The van der Waals surface area contributed by atoms with Gasteiger partial charge in [0.1, 0.15) is 6.04 Å². The molecule has 0 radical (unpaired) electrons. The maximum Gasteiger partial charge on any atom is 0.326 e. The Bertz CT molecular complexity index is 204. The highest BCUT2D eigenvalue weighted by atomic mass is 16.4. The van der Waals surface area contributed by atoms with Gasteiger partial charge in [0.05, 0.1) is 0 Å². The molecule has 0 heterocycles. The smallest absolute Gasteiger partial charge is 0.326 e. The number of carbonyl (C=O) groups excluding carboxylic acids is 1.